The quantitative estimate of drug-likeness (QED) is 0.567. The van der Waals surface area contributed by atoms with Gasteiger partial charge in [-0.2, -0.15) is 48.3 Å². The normalized spacial score (nSPS) is 15.6. The van der Waals surface area contributed by atoms with E-state index in [2.05, 4.69) is 0 Å². The molecule has 1 aromatic rings. The molecule has 0 spiro atoms. The van der Waals surface area contributed by atoms with E-state index in [1.165, 1.54) is 0 Å². The van der Waals surface area contributed by atoms with Crippen LogP contribution in [-0.2, 0) is 0 Å². The molecule has 0 aliphatic heterocycles. The van der Waals surface area contributed by atoms with E-state index in [0.717, 1.165) is 12.1 Å². The third-order valence-electron chi connectivity index (χ3n) is 3.15. The maximum absolute atomic E-state index is 13.6. The zero-order valence-electron chi connectivity index (χ0n) is 12.2. The Balaban J connectivity index is 3.60. The van der Waals surface area contributed by atoms with Crippen LogP contribution in [0.25, 0.3) is 5.83 Å². The number of halogens is 13. The summed E-state index contributed by atoms with van der Waals surface area (Å²) in [4.78, 5) is 0. The molecule has 0 saturated heterocycles. The fraction of sp³-hybridized carbons (Fsp3) is 0.385. The van der Waals surface area contributed by atoms with Crippen LogP contribution in [0.15, 0.2) is 30.1 Å². The molecule has 0 unspecified atom stereocenters. The number of hydrogen-bond donors (Lipinski definition) is 1. The van der Waals surface area contributed by atoms with Gasteiger partial charge in [0.05, 0.1) is 5.56 Å². The lowest BCUT2D eigenvalue weighted by molar-refractivity contribution is -0.419. The van der Waals surface area contributed by atoms with Crippen molar-refractivity contribution in [1.29, 1.82) is 0 Å². The number of hydrogen-bond acceptors (Lipinski definition) is 1. The molecule has 1 N–H and O–H groups in total. The van der Waals surface area contributed by atoms with E-state index in [1.807, 2.05) is 0 Å². The van der Waals surface area contributed by atoms with Crippen molar-refractivity contribution >= 4 is 5.83 Å². The van der Waals surface area contributed by atoms with Gasteiger partial charge in [0.1, 0.15) is 5.75 Å². The molecular formula is C13H5F13O. The summed E-state index contributed by atoms with van der Waals surface area (Å²) in [5, 5.41) is 9.10. The molecule has 0 amide bonds. The molecule has 0 saturated carbocycles. The highest BCUT2D eigenvalue weighted by molar-refractivity contribution is 5.67. The molecule has 1 aromatic carbocycles. The standard InChI is InChI=1S/C13H5F13O/c14-7(5-3-1-2-4-6(5)27)8(15)9(16,17)10(18,19)11(20,21)12(22,23)13(24,25)26/h1-4,27H. The van der Waals surface area contributed by atoms with Gasteiger partial charge >= 0.3 is 29.9 Å². The van der Waals surface area contributed by atoms with Crippen molar-refractivity contribution in [2.75, 3.05) is 0 Å². The van der Waals surface area contributed by atoms with E-state index in [-0.39, 0.29) is 0 Å². The van der Waals surface area contributed by atoms with Crippen LogP contribution in [0.2, 0.25) is 0 Å². The number of para-hydroxylation sites is 1. The second-order valence-corrected chi connectivity index (χ2v) is 4.94. The van der Waals surface area contributed by atoms with Gasteiger partial charge < -0.3 is 5.11 Å². The van der Waals surface area contributed by atoms with Crippen molar-refractivity contribution in [3.8, 4) is 5.75 Å². The molecule has 0 radical (unpaired) electrons. The lowest BCUT2D eigenvalue weighted by atomic mass is 9.96. The predicted octanol–water partition coefficient (Wildman–Crippen LogP) is 6.10. The molecule has 0 aliphatic rings. The summed E-state index contributed by atoms with van der Waals surface area (Å²) in [6, 6.07) is 2.48. The van der Waals surface area contributed by atoms with Crippen LogP contribution in [0, 0.1) is 0 Å². The largest absolute Gasteiger partial charge is 0.507 e. The Kier molecular flexibility index (Phi) is 5.49. The van der Waals surface area contributed by atoms with Crippen molar-refractivity contribution in [1.82, 2.24) is 0 Å². The summed E-state index contributed by atoms with van der Waals surface area (Å²) in [6.07, 6.45) is -7.42. The number of phenols is 1. The summed E-state index contributed by atoms with van der Waals surface area (Å²) in [7, 11) is 0. The molecule has 1 rings (SSSR count). The molecule has 0 aromatic heterocycles. The van der Waals surface area contributed by atoms with Crippen LogP contribution >= 0.6 is 0 Å². The Labute approximate surface area is 140 Å². The molecule has 0 heterocycles. The Hall–Kier alpha value is -2.15. The summed E-state index contributed by atoms with van der Waals surface area (Å²) < 4.78 is 167. The molecule has 1 nitrogen and oxygen atoms in total. The molecule has 154 valence electrons. The maximum Gasteiger partial charge on any atom is 0.460 e. The Morgan fingerprint density at radius 1 is 0.667 bits per heavy atom. The Bertz CT molecular complexity index is 732. The minimum atomic E-state index is -7.88. The van der Waals surface area contributed by atoms with Crippen LogP contribution in [0.4, 0.5) is 57.1 Å². The number of alkyl halides is 11. The first-order valence-corrected chi connectivity index (χ1v) is 6.26. The third kappa shape index (κ3) is 3.29. The van der Waals surface area contributed by atoms with Crippen molar-refractivity contribution in [3.05, 3.63) is 35.7 Å². The van der Waals surface area contributed by atoms with Crippen LogP contribution in [-0.4, -0.2) is 35.0 Å². The SMILES string of the molecule is Oc1ccccc1C(F)=C(F)C(F)(F)C(F)(F)C(F)(F)C(F)(F)C(F)(F)F. The van der Waals surface area contributed by atoms with Crippen LogP contribution < -0.4 is 0 Å². The summed E-state index contributed by atoms with van der Waals surface area (Å²) >= 11 is 0. The van der Waals surface area contributed by atoms with Gasteiger partial charge in [-0.1, -0.05) is 12.1 Å². The molecule has 0 fully saturated rings. The molecule has 0 aliphatic carbocycles. The number of benzene rings is 1. The Morgan fingerprint density at radius 2 is 1.11 bits per heavy atom. The van der Waals surface area contributed by atoms with Crippen molar-refractivity contribution < 1.29 is 62.2 Å². The van der Waals surface area contributed by atoms with Gasteiger partial charge in [-0.05, 0) is 12.1 Å². The van der Waals surface area contributed by atoms with E-state index in [9.17, 15) is 57.1 Å². The second-order valence-electron chi connectivity index (χ2n) is 4.94. The van der Waals surface area contributed by atoms with Gasteiger partial charge in [0, 0.05) is 0 Å². The molecule has 14 heteroatoms. The highest BCUT2D eigenvalue weighted by atomic mass is 19.4. The van der Waals surface area contributed by atoms with Crippen molar-refractivity contribution in [2.24, 2.45) is 0 Å². The average Bonchev–Trinajstić information content (AvgIpc) is 2.52. The molecule has 27 heavy (non-hydrogen) atoms. The lowest BCUT2D eigenvalue weighted by Crippen LogP contribution is -2.66. The van der Waals surface area contributed by atoms with Gasteiger partial charge in [-0.15, -0.1) is 0 Å². The number of rotatable bonds is 5. The van der Waals surface area contributed by atoms with Crippen LogP contribution in [0.1, 0.15) is 5.56 Å². The molecule has 0 bridgehead atoms. The summed E-state index contributed by atoms with van der Waals surface area (Å²) in [5.74, 6) is -39.0. The van der Waals surface area contributed by atoms with Gasteiger partial charge in [-0.3, -0.25) is 0 Å². The van der Waals surface area contributed by atoms with E-state index in [4.69, 9.17) is 5.11 Å². The van der Waals surface area contributed by atoms with Crippen molar-refractivity contribution in [2.45, 2.75) is 29.9 Å². The smallest absolute Gasteiger partial charge is 0.460 e. The van der Waals surface area contributed by atoms with E-state index in [0.29, 0.717) is 12.1 Å². The van der Waals surface area contributed by atoms with Gasteiger partial charge in [0.25, 0.3) is 0 Å². The third-order valence-corrected chi connectivity index (χ3v) is 3.15. The first kappa shape index (κ1) is 22.9. The lowest BCUT2D eigenvalue weighted by Gasteiger charge is -2.36. The number of allylic oxidation sites excluding steroid dienone is 1. The number of phenolic OH excluding ortho intramolecular Hbond substituents is 1. The number of aromatic hydroxyl groups is 1. The maximum atomic E-state index is 13.6. The van der Waals surface area contributed by atoms with Gasteiger partial charge in [-0.25, -0.2) is 8.78 Å². The highest BCUT2D eigenvalue weighted by Gasteiger charge is 2.88. The van der Waals surface area contributed by atoms with Crippen LogP contribution in [0.3, 0.4) is 0 Å². The molecule has 0 atom stereocenters. The second kappa shape index (κ2) is 6.48. The predicted molar refractivity (Wildman–Crippen MR) is 63.1 cm³/mol. The molecular weight excluding hydrogens is 419 g/mol. The first-order chi connectivity index (χ1) is 11.8. The summed E-state index contributed by atoms with van der Waals surface area (Å²) in [6.45, 7) is 0. The van der Waals surface area contributed by atoms with Crippen LogP contribution in [0.5, 0.6) is 5.75 Å². The fourth-order valence-corrected chi connectivity index (χ4v) is 1.63. The summed E-state index contributed by atoms with van der Waals surface area (Å²) in [5.41, 5.74) is -1.57. The van der Waals surface area contributed by atoms with E-state index < -0.39 is 52.8 Å². The zero-order chi connectivity index (χ0) is 21.6. The first-order valence-electron chi connectivity index (χ1n) is 6.26. The van der Waals surface area contributed by atoms with E-state index in [1.54, 1.807) is 0 Å². The fourth-order valence-electron chi connectivity index (χ4n) is 1.63. The minimum Gasteiger partial charge on any atom is -0.507 e. The van der Waals surface area contributed by atoms with Crippen molar-refractivity contribution in [3.63, 3.8) is 0 Å². The Morgan fingerprint density at radius 3 is 1.52 bits per heavy atom. The topological polar surface area (TPSA) is 20.2 Å². The zero-order valence-corrected chi connectivity index (χ0v) is 12.2. The average molecular weight is 424 g/mol. The van der Waals surface area contributed by atoms with E-state index >= 15 is 0 Å². The van der Waals surface area contributed by atoms with Gasteiger partial charge in [0.15, 0.2) is 5.83 Å². The highest BCUT2D eigenvalue weighted by Crippen LogP contribution is 2.59. The minimum absolute atomic E-state index is 0.306. The van der Waals surface area contributed by atoms with Gasteiger partial charge in [0.2, 0.25) is 5.83 Å². The monoisotopic (exact) mass is 424 g/mol.